The van der Waals surface area contributed by atoms with Crippen LogP contribution in [0.3, 0.4) is 0 Å². The monoisotopic (exact) mass is 242 g/mol. The van der Waals surface area contributed by atoms with Crippen LogP contribution in [0.1, 0.15) is 18.5 Å². The molecule has 0 aliphatic heterocycles. The van der Waals surface area contributed by atoms with E-state index in [2.05, 4.69) is 20.9 Å². The summed E-state index contributed by atoms with van der Waals surface area (Å²) in [6.45, 7) is 0. The highest BCUT2D eigenvalue weighted by molar-refractivity contribution is 9.10. The molecule has 1 fully saturated rings. The van der Waals surface area contributed by atoms with E-state index in [9.17, 15) is 0 Å². The molecule has 2 rings (SSSR count). The Morgan fingerprint density at radius 1 is 1.62 bits per heavy atom. The van der Waals surface area contributed by atoms with Crippen LogP contribution in [0.25, 0.3) is 0 Å². The second-order valence-corrected chi connectivity index (χ2v) is 4.21. The minimum absolute atomic E-state index is 0.187. The van der Waals surface area contributed by atoms with E-state index < -0.39 is 0 Å². The smallest absolute Gasteiger partial charge is 0.136 e. The Morgan fingerprint density at radius 3 is 2.85 bits per heavy atom. The van der Waals surface area contributed by atoms with Gasteiger partial charge in [-0.25, -0.2) is 0 Å². The molecular weight excluding hydrogens is 232 g/mol. The molecule has 3 nitrogen and oxygen atoms in total. The van der Waals surface area contributed by atoms with Crippen LogP contribution in [-0.2, 0) is 5.54 Å². The highest BCUT2D eigenvalue weighted by atomic mass is 79.9. The average molecular weight is 243 g/mol. The molecule has 1 aromatic rings. The number of methoxy groups -OCH3 is 1. The third-order valence-electron chi connectivity index (χ3n) is 2.34. The van der Waals surface area contributed by atoms with E-state index in [0.29, 0.717) is 0 Å². The highest BCUT2D eigenvalue weighted by Crippen LogP contribution is 2.43. The van der Waals surface area contributed by atoms with E-state index in [1.807, 2.05) is 6.07 Å². The van der Waals surface area contributed by atoms with Gasteiger partial charge in [0.05, 0.1) is 22.8 Å². The zero-order chi connectivity index (χ0) is 9.47. The van der Waals surface area contributed by atoms with E-state index in [0.717, 1.165) is 28.8 Å². The van der Waals surface area contributed by atoms with Gasteiger partial charge in [-0.3, -0.25) is 4.98 Å². The van der Waals surface area contributed by atoms with Gasteiger partial charge in [0, 0.05) is 12.3 Å². The maximum Gasteiger partial charge on any atom is 0.136 e. The van der Waals surface area contributed by atoms with Crippen LogP contribution in [0.2, 0.25) is 0 Å². The van der Waals surface area contributed by atoms with Crippen LogP contribution in [0.5, 0.6) is 5.75 Å². The van der Waals surface area contributed by atoms with Crippen molar-refractivity contribution in [3.63, 3.8) is 0 Å². The van der Waals surface area contributed by atoms with Crippen molar-refractivity contribution in [3.8, 4) is 5.75 Å². The number of hydrogen-bond donors (Lipinski definition) is 1. The lowest BCUT2D eigenvalue weighted by Crippen LogP contribution is -2.20. The maximum atomic E-state index is 6.01. The predicted molar refractivity (Wildman–Crippen MR) is 53.6 cm³/mol. The Labute approximate surface area is 85.4 Å². The van der Waals surface area contributed by atoms with Crippen molar-refractivity contribution >= 4 is 15.9 Å². The summed E-state index contributed by atoms with van der Waals surface area (Å²) in [7, 11) is 1.64. The van der Waals surface area contributed by atoms with Crippen LogP contribution >= 0.6 is 15.9 Å². The van der Waals surface area contributed by atoms with Crippen molar-refractivity contribution in [2.24, 2.45) is 5.73 Å². The minimum Gasteiger partial charge on any atom is -0.495 e. The fraction of sp³-hybridized carbons (Fsp3) is 0.444. The summed E-state index contributed by atoms with van der Waals surface area (Å²) in [4.78, 5) is 4.27. The topological polar surface area (TPSA) is 48.1 Å². The van der Waals surface area contributed by atoms with E-state index in [4.69, 9.17) is 10.5 Å². The minimum atomic E-state index is -0.187. The summed E-state index contributed by atoms with van der Waals surface area (Å²) in [5.74, 6) is 0.793. The molecule has 0 aromatic carbocycles. The third-order valence-corrected chi connectivity index (χ3v) is 2.93. The predicted octanol–water partition coefficient (Wildman–Crippen LogP) is 1.80. The van der Waals surface area contributed by atoms with E-state index in [-0.39, 0.29) is 5.54 Å². The SMILES string of the molecule is COc1cc(C2(N)CC2)ncc1Br. The van der Waals surface area contributed by atoms with Gasteiger partial charge in [0.2, 0.25) is 0 Å². The summed E-state index contributed by atoms with van der Waals surface area (Å²) >= 11 is 3.35. The number of hydrogen-bond acceptors (Lipinski definition) is 3. The first kappa shape index (κ1) is 8.97. The molecule has 1 saturated carbocycles. The van der Waals surface area contributed by atoms with Gasteiger partial charge in [-0.1, -0.05) is 0 Å². The van der Waals surface area contributed by atoms with Crippen molar-refractivity contribution in [1.82, 2.24) is 4.98 Å². The van der Waals surface area contributed by atoms with Crippen LogP contribution < -0.4 is 10.5 Å². The molecule has 0 amide bonds. The first-order valence-corrected chi connectivity index (χ1v) is 4.94. The van der Waals surface area contributed by atoms with Gasteiger partial charge in [-0.15, -0.1) is 0 Å². The second kappa shape index (κ2) is 2.96. The zero-order valence-electron chi connectivity index (χ0n) is 7.38. The van der Waals surface area contributed by atoms with E-state index >= 15 is 0 Å². The number of aromatic nitrogens is 1. The summed E-state index contributed by atoms with van der Waals surface area (Å²) < 4.78 is 6.03. The molecule has 0 saturated heterocycles. The largest absolute Gasteiger partial charge is 0.495 e. The van der Waals surface area contributed by atoms with Crippen LogP contribution in [0, 0.1) is 0 Å². The standard InChI is InChI=1S/C9H11BrN2O/c1-13-7-4-8(9(11)2-3-9)12-5-6(7)10/h4-5H,2-3,11H2,1H3. The summed E-state index contributed by atoms with van der Waals surface area (Å²) in [5.41, 5.74) is 6.75. The lowest BCUT2D eigenvalue weighted by atomic mass is 10.2. The lowest BCUT2D eigenvalue weighted by molar-refractivity contribution is 0.410. The van der Waals surface area contributed by atoms with Gasteiger partial charge in [0.1, 0.15) is 5.75 Å². The first-order chi connectivity index (χ1) is 6.15. The van der Waals surface area contributed by atoms with Crippen molar-refractivity contribution in [2.45, 2.75) is 18.4 Å². The van der Waals surface area contributed by atoms with E-state index in [1.54, 1.807) is 13.3 Å². The molecule has 0 spiro atoms. The molecule has 0 radical (unpaired) electrons. The molecule has 1 aliphatic carbocycles. The Hall–Kier alpha value is -0.610. The molecule has 13 heavy (non-hydrogen) atoms. The van der Waals surface area contributed by atoms with Gasteiger partial charge in [-0.05, 0) is 28.8 Å². The first-order valence-electron chi connectivity index (χ1n) is 4.14. The van der Waals surface area contributed by atoms with Crippen molar-refractivity contribution in [1.29, 1.82) is 0 Å². The van der Waals surface area contributed by atoms with E-state index in [1.165, 1.54) is 0 Å². The van der Waals surface area contributed by atoms with Crippen LogP contribution in [0.15, 0.2) is 16.7 Å². The van der Waals surface area contributed by atoms with Gasteiger partial charge in [0.25, 0.3) is 0 Å². The van der Waals surface area contributed by atoms with Gasteiger partial charge >= 0.3 is 0 Å². The molecule has 1 aromatic heterocycles. The Kier molecular flexibility index (Phi) is 2.04. The fourth-order valence-corrected chi connectivity index (χ4v) is 1.62. The molecule has 0 bridgehead atoms. The molecule has 70 valence electrons. The maximum absolute atomic E-state index is 6.01. The van der Waals surface area contributed by atoms with Crippen molar-refractivity contribution < 1.29 is 4.74 Å². The Morgan fingerprint density at radius 2 is 2.31 bits per heavy atom. The molecule has 0 atom stereocenters. The normalized spacial score (nSPS) is 18.4. The average Bonchev–Trinajstić information content (AvgIpc) is 2.86. The van der Waals surface area contributed by atoms with Crippen LogP contribution in [-0.4, -0.2) is 12.1 Å². The lowest BCUT2D eigenvalue weighted by Gasteiger charge is -2.10. The molecular formula is C9H11BrN2O. The number of nitrogens with two attached hydrogens (primary N) is 1. The Bertz CT molecular complexity index is 336. The number of ether oxygens (including phenoxy) is 1. The number of nitrogens with zero attached hydrogens (tertiary/aromatic N) is 1. The number of halogens is 1. The molecule has 0 unspecified atom stereocenters. The van der Waals surface area contributed by atoms with Gasteiger partial charge in [-0.2, -0.15) is 0 Å². The fourth-order valence-electron chi connectivity index (χ4n) is 1.24. The third kappa shape index (κ3) is 1.56. The molecule has 1 heterocycles. The highest BCUT2D eigenvalue weighted by Gasteiger charge is 2.41. The summed E-state index contributed by atoms with van der Waals surface area (Å²) in [5, 5.41) is 0. The van der Waals surface area contributed by atoms with Crippen LogP contribution in [0.4, 0.5) is 0 Å². The quantitative estimate of drug-likeness (QED) is 0.861. The van der Waals surface area contributed by atoms with Crippen molar-refractivity contribution in [2.75, 3.05) is 7.11 Å². The molecule has 4 heteroatoms. The summed E-state index contributed by atoms with van der Waals surface area (Å²) in [6.07, 6.45) is 3.77. The number of pyridine rings is 1. The summed E-state index contributed by atoms with van der Waals surface area (Å²) in [6, 6.07) is 1.90. The van der Waals surface area contributed by atoms with Crippen molar-refractivity contribution in [3.05, 3.63) is 22.4 Å². The number of rotatable bonds is 2. The molecule has 2 N–H and O–H groups in total. The molecule has 1 aliphatic rings. The second-order valence-electron chi connectivity index (χ2n) is 3.36. The zero-order valence-corrected chi connectivity index (χ0v) is 8.97. The Balaban J connectivity index is 2.39. The van der Waals surface area contributed by atoms with Gasteiger partial charge < -0.3 is 10.5 Å². The van der Waals surface area contributed by atoms with Gasteiger partial charge in [0.15, 0.2) is 0 Å².